The minimum absolute atomic E-state index is 0.0294. The molecule has 0 aliphatic heterocycles. The first kappa shape index (κ1) is 16.5. The number of nitrogens with zero attached hydrogens (tertiary/aromatic N) is 8. The van der Waals surface area contributed by atoms with Gasteiger partial charge in [0.2, 0.25) is 5.65 Å². The molecule has 0 unspecified atom stereocenters. The third-order valence-corrected chi connectivity index (χ3v) is 4.52. The number of hydrogen-bond donors (Lipinski definition) is 1. The van der Waals surface area contributed by atoms with E-state index in [-0.39, 0.29) is 6.61 Å². The Labute approximate surface area is 159 Å². The van der Waals surface area contributed by atoms with Crippen LogP contribution in [0.4, 0.5) is 0 Å². The molecule has 9 nitrogen and oxygen atoms in total. The van der Waals surface area contributed by atoms with E-state index in [0.29, 0.717) is 30.1 Å². The summed E-state index contributed by atoms with van der Waals surface area (Å²) in [6.45, 7) is 0.956. The summed E-state index contributed by atoms with van der Waals surface area (Å²) in [6, 6.07) is 10.0. The number of aromatic nitrogens is 8. The van der Waals surface area contributed by atoms with Crippen molar-refractivity contribution in [3.63, 3.8) is 0 Å². The molecule has 5 aromatic rings. The van der Waals surface area contributed by atoms with Gasteiger partial charge < -0.3 is 5.11 Å². The molecular weight excluding hydrogens is 356 g/mol. The van der Waals surface area contributed by atoms with E-state index >= 15 is 0 Å². The van der Waals surface area contributed by atoms with E-state index in [1.807, 2.05) is 36.5 Å². The molecule has 1 N–H and O–H groups in total. The molecular formula is C19H16N8O. The van der Waals surface area contributed by atoms with Crippen LogP contribution in [-0.2, 0) is 13.1 Å². The van der Waals surface area contributed by atoms with Crippen molar-refractivity contribution in [3.05, 3.63) is 60.7 Å². The SMILES string of the molecule is OCCn1cc(-c2cnc3nnn(Cc4cccc5cccnc45)c3n2)cn1. The summed E-state index contributed by atoms with van der Waals surface area (Å²) < 4.78 is 3.39. The molecule has 0 saturated carbocycles. The van der Waals surface area contributed by atoms with Crippen LogP contribution >= 0.6 is 0 Å². The first-order chi connectivity index (χ1) is 13.8. The zero-order valence-electron chi connectivity index (χ0n) is 14.8. The van der Waals surface area contributed by atoms with Crippen molar-refractivity contribution in [1.82, 2.24) is 39.7 Å². The molecule has 0 aliphatic carbocycles. The summed E-state index contributed by atoms with van der Waals surface area (Å²) in [5, 5.41) is 22.7. The minimum atomic E-state index is 0.0294. The molecule has 9 heteroatoms. The second-order valence-corrected chi connectivity index (χ2v) is 6.36. The minimum Gasteiger partial charge on any atom is -0.394 e. The number of aliphatic hydroxyl groups excluding tert-OH is 1. The van der Waals surface area contributed by atoms with Gasteiger partial charge in [-0.15, -0.1) is 5.10 Å². The fraction of sp³-hybridized carbons (Fsp3) is 0.158. The predicted octanol–water partition coefficient (Wildman–Crippen LogP) is 1.67. The number of aliphatic hydroxyl groups is 1. The maximum absolute atomic E-state index is 9.05. The first-order valence-electron chi connectivity index (χ1n) is 8.84. The van der Waals surface area contributed by atoms with Crippen LogP contribution in [0, 0.1) is 0 Å². The summed E-state index contributed by atoms with van der Waals surface area (Å²) in [5.41, 5.74) is 4.55. The van der Waals surface area contributed by atoms with Crippen molar-refractivity contribution in [1.29, 1.82) is 0 Å². The highest BCUT2D eigenvalue weighted by Crippen LogP contribution is 2.20. The molecule has 0 fully saturated rings. The Bertz CT molecular complexity index is 1270. The highest BCUT2D eigenvalue weighted by atomic mass is 16.3. The molecule has 5 rings (SSSR count). The monoisotopic (exact) mass is 372 g/mol. The van der Waals surface area contributed by atoms with Crippen molar-refractivity contribution < 1.29 is 5.11 Å². The van der Waals surface area contributed by atoms with Gasteiger partial charge in [-0.3, -0.25) is 9.67 Å². The van der Waals surface area contributed by atoms with Crippen LogP contribution in [0.2, 0.25) is 0 Å². The number of pyridine rings is 1. The van der Waals surface area contributed by atoms with Crippen LogP contribution in [0.25, 0.3) is 33.5 Å². The number of hydrogen-bond acceptors (Lipinski definition) is 7. The highest BCUT2D eigenvalue weighted by molar-refractivity contribution is 5.81. The van der Waals surface area contributed by atoms with Crippen LogP contribution in [0.3, 0.4) is 0 Å². The fourth-order valence-electron chi connectivity index (χ4n) is 3.18. The third-order valence-electron chi connectivity index (χ3n) is 4.52. The Morgan fingerprint density at radius 1 is 1.04 bits per heavy atom. The van der Waals surface area contributed by atoms with Crippen LogP contribution < -0.4 is 0 Å². The van der Waals surface area contributed by atoms with Gasteiger partial charge in [0.1, 0.15) is 0 Å². The first-order valence-corrected chi connectivity index (χ1v) is 8.84. The predicted molar refractivity (Wildman–Crippen MR) is 102 cm³/mol. The maximum atomic E-state index is 9.05. The molecule has 0 radical (unpaired) electrons. The average Bonchev–Trinajstić information content (AvgIpc) is 3.36. The van der Waals surface area contributed by atoms with E-state index in [1.165, 1.54) is 0 Å². The van der Waals surface area contributed by atoms with Gasteiger partial charge in [0.25, 0.3) is 0 Å². The number of fused-ring (bicyclic) bond motifs is 2. The molecule has 0 amide bonds. The molecule has 28 heavy (non-hydrogen) atoms. The van der Waals surface area contributed by atoms with Gasteiger partial charge in [0.15, 0.2) is 5.65 Å². The lowest BCUT2D eigenvalue weighted by molar-refractivity contribution is 0.269. The van der Waals surface area contributed by atoms with E-state index in [2.05, 4.69) is 25.4 Å². The van der Waals surface area contributed by atoms with E-state index in [1.54, 1.807) is 28.0 Å². The van der Waals surface area contributed by atoms with Gasteiger partial charge in [-0.05, 0) is 11.6 Å². The smallest absolute Gasteiger partial charge is 0.221 e. The van der Waals surface area contributed by atoms with E-state index < -0.39 is 0 Å². The lowest BCUT2D eigenvalue weighted by Crippen LogP contribution is -2.04. The lowest BCUT2D eigenvalue weighted by atomic mass is 10.1. The van der Waals surface area contributed by atoms with Crippen LogP contribution in [0.1, 0.15) is 5.56 Å². The van der Waals surface area contributed by atoms with Crippen molar-refractivity contribution in [3.8, 4) is 11.3 Å². The zero-order valence-corrected chi connectivity index (χ0v) is 14.8. The summed E-state index contributed by atoms with van der Waals surface area (Å²) in [4.78, 5) is 13.6. The van der Waals surface area contributed by atoms with Crippen LogP contribution in [0.5, 0.6) is 0 Å². The normalized spacial score (nSPS) is 11.5. The van der Waals surface area contributed by atoms with E-state index in [0.717, 1.165) is 22.0 Å². The van der Waals surface area contributed by atoms with Crippen molar-refractivity contribution in [2.75, 3.05) is 6.61 Å². The molecule has 138 valence electrons. The number of benzene rings is 1. The molecule has 4 aromatic heterocycles. The van der Waals surface area contributed by atoms with Crippen LogP contribution in [-0.4, -0.2) is 51.4 Å². The largest absolute Gasteiger partial charge is 0.394 e. The highest BCUT2D eigenvalue weighted by Gasteiger charge is 2.13. The topological polar surface area (TPSA) is 107 Å². The summed E-state index contributed by atoms with van der Waals surface area (Å²) >= 11 is 0. The zero-order chi connectivity index (χ0) is 18.9. The van der Waals surface area contributed by atoms with Crippen molar-refractivity contribution in [2.24, 2.45) is 0 Å². The Balaban J connectivity index is 1.54. The van der Waals surface area contributed by atoms with Gasteiger partial charge in [0, 0.05) is 23.3 Å². The van der Waals surface area contributed by atoms with Gasteiger partial charge in [0.05, 0.1) is 43.3 Å². The molecule has 0 bridgehead atoms. The van der Waals surface area contributed by atoms with Crippen LogP contribution in [0.15, 0.2) is 55.1 Å². The Kier molecular flexibility index (Phi) is 3.99. The molecule has 4 heterocycles. The molecule has 0 aliphatic rings. The summed E-state index contributed by atoms with van der Waals surface area (Å²) in [7, 11) is 0. The van der Waals surface area contributed by atoms with Gasteiger partial charge in [-0.1, -0.05) is 29.5 Å². The number of para-hydroxylation sites is 1. The summed E-state index contributed by atoms with van der Waals surface area (Å²) in [6.07, 6.45) is 6.97. The van der Waals surface area contributed by atoms with Crippen molar-refractivity contribution >= 4 is 22.2 Å². The van der Waals surface area contributed by atoms with E-state index in [4.69, 9.17) is 10.1 Å². The molecule has 0 spiro atoms. The van der Waals surface area contributed by atoms with E-state index in [9.17, 15) is 0 Å². The Hall–Kier alpha value is -3.72. The van der Waals surface area contributed by atoms with Gasteiger partial charge >= 0.3 is 0 Å². The van der Waals surface area contributed by atoms with Gasteiger partial charge in [-0.25, -0.2) is 14.6 Å². The lowest BCUT2D eigenvalue weighted by Gasteiger charge is -2.06. The maximum Gasteiger partial charge on any atom is 0.221 e. The molecule has 1 aromatic carbocycles. The van der Waals surface area contributed by atoms with Gasteiger partial charge in [-0.2, -0.15) is 5.10 Å². The fourth-order valence-corrected chi connectivity index (χ4v) is 3.18. The standard InChI is InChI=1S/C19H16N8O/c28-8-7-26-11-15(9-22-26)16-10-21-18-19(23-16)27(25-24-18)12-14-4-1-3-13-5-2-6-20-17(13)14/h1-6,9-11,28H,7-8,12H2. The molecule has 0 atom stereocenters. The third kappa shape index (κ3) is 2.87. The average molecular weight is 372 g/mol. The number of rotatable bonds is 5. The second kappa shape index (κ2) is 6.78. The quantitative estimate of drug-likeness (QED) is 0.500. The molecule has 0 saturated heterocycles. The summed E-state index contributed by atoms with van der Waals surface area (Å²) in [5.74, 6) is 0. The van der Waals surface area contributed by atoms with Crippen molar-refractivity contribution in [2.45, 2.75) is 13.1 Å². The Morgan fingerprint density at radius 3 is 2.89 bits per heavy atom. The second-order valence-electron chi connectivity index (χ2n) is 6.36. The Morgan fingerprint density at radius 2 is 1.96 bits per heavy atom.